The van der Waals surface area contributed by atoms with Crippen molar-refractivity contribution < 1.29 is 9.53 Å². The highest BCUT2D eigenvalue weighted by molar-refractivity contribution is 5.79. The summed E-state index contributed by atoms with van der Waals surface area (Å²) in [4.78, 5) is 16.1. The third kappa shape index (κ3) is 1.54. The van der Waals surface area contributed by atoms with E-state index >= 15 is 0 Å². The topological polar surface area (TPSA) is 78.3 Å². The number of carbonyl (C=O) groups excluding carboxylic acids is 1. The highest BCUT2D eigenvalue weighted by Gasteiger charge is 2.38. The van der Waals surface area contributed by atoms with E-state index in [9.17, 15) is 4.79 Å². The molecule has 2 atom stereocenters. The van der Waals surface area contributed by atoms with Crippen molar-refractivity contribution in [3.05, 3.63) is 10.4 Å². The van der Waals surface area contributed by atoms with Crippen LogP contribution in [-0.2, 0) is 9.53 Å². The van der Waals surface area contributed by atoms with E-state index < -0.39 is 0 Å². The first-order valence-corrected chi connectivity index (χ1v) is 4.72. The molecule has 6 nitrogen and oxygen atoms in total. The van der Waals surface area contributed by atoms with E-state index in [1.165, 1.54) is 0 Å². The molecule has 0 radical (unpaired) electrons. The van der Waals surface area contributed by atoms with Crippen molar-refractivity contribution in [2.45, 2.75) is 24.9 Å². The van der Waals surface area contributed by atoms with Crippen LogP contribution < -0.4 is 0 Å². The molecule has 0 unspecified atom stereocenters. The summed E-state index contributed by atoms with van der Waals surface area (Å²) >= 11 is 0. The molecule has 14 heavy (non-hydrogen) atoms. The fourth-order valence-electron chi connectivity index (χ4n) is 2.20. The van der Waals surface area contributed by atoms with Crippen LogP contribution in [0.5, 0.6) is 0 Å². The lowest BCUT2D eigenvalue weighted by atomic mass is 10.2. The zero-order valence-electron chi connectivity index (χ0n) is 7.80. The van der Waals surface area contributed by atoms with Gasteiger partial charge in [-0.2, -0.15) is 0 Å². The van der Waals surface area contributed by atoms with Crippen LogP contribution in [0.2, 0.25) is 0 Å². The standard InChI is InChI=1S/C8H12N4O2/c9-11-10-3-6-1-2-7-4-14-5-8(13)12(6)7/h6-7H,1-5H2/t6-,7-/m1/s1. The highest BCUT2D eigenvalue weighted by Crippen LogP contribution is 2.27. The van der Waals surface area contributed by atoms with Gasteiger partial charge in [-0.15, -0.1) is 0 Å². The summed E-state index contributed by atoms with van der Waals surface area (Å²) in [6, 6.07) is 0.294. The lowest BCUT2D eigenvalue weighted by molar-refractivity contribution is -0.147. The molecule has 2 saturated heterocycles. The lowest BCUT2D eigenvalue weighted by Gasteiger charge is -2.33. The molecule has 2 rings (SSSR count). The predicted octanol–water partition coefficient (Wildman–Crippen LogP) is 0.687. The minimum Gasteiger partial charge on any atom is -0.369 e. The highest BCUT2D eigenvalue weighted by atomic mass is 16.5. The predicted molar refractivity (Wildman–Crippen MR) is 48.5 cm³/mol. The Morgan fingerprint density at radius 1 is 1.64 bits per heavy atom. The van der Waals surface area contributed by atoms with E-state index in [2.05, 4.69) is 10.0 Å². The summed E-state index contributed by atoms with van der Waals surface area (Å²) in [6.45, 7) is 1.18. The van der Waals surface area contributed by atoms with Crippen molar-refractivity contribution >= 4 is 5.91 Å². The summed E-state index contributed by atoms with van der Waals surface area (Å²) in [6.07, 6.45) is 1.87. The van der Waals surface area contributed by atoms with Gasteiger partial charge < -0.3 is 9.64 Å². The van der Waals surface area contributed by atoms with Crippen LogP contribution in [-0.4, -0.2) is 42.6 Å². The van der Waals surface area contributed by atoms with Gasteiger partial charge in [-0.05, 0) is 18.4 Å². The van der Waals surface area contributed by atoms with Gasteiger partial charge in [0.25, 0.3) is 0 Å². The van der Waals surface area contributed by atoms with E-state index in [0.29, 0.717) is 13.2 Å². The number of morpholine rings is 1. The van der Waals surface area contributed by atoms with Crippen LogP contribution >= 0.6 is 0 Å². The second kappa shape index (κ2) is 3.86. The van der Waals surface area contributed by atoms with Crippen LogP contribution in [0.4, 0.5) is 0 Å². The van der Waals surface area contributed by atoms with Crippen LogP contribution in [0.3, 0.4) is 0 Å². The largest absolute Gasteiger partial charge is 0.369 e. The molecule has 0 aromatic rings. The zero-order chi connectivity index (χ0) is 9.97. The molecule has 2 fully saturated rings. The van der Waals surface area contributed by atoms with E-state index in [0.717, 1.165) is 12.8 Å². The maximum atomic E-state index is 11.5. The smallest absolute Gasteiger partial charge is 0.249 e. The van der Waals surface area contributed by atoms with Crippen LogP contribution in [0.15, 0.2) is 5.11 Å². The SMILES string of the molecule is [N-]=[N+]=NC[C@H]1CC[C@@H]2COCC(=O)N12. The minimum absolute atomic E-state index is 0.0249. The normalized spacial score (nSPS) is 31.1. The molecule has 2 aliphatic heterocycles. The third-order valence-electron chi connectivity index (χ3n) is 2.80. The van der Waals surface area contributed by atoms with Gasteiger partial charge in [0, 0.05) is 17.5 Å². The minimum atomic E-state index is 0.0249. The van der Waals surface area contributed by atoms with Crippen molar-refractivity contribution in [3.63, 3.8) is 0 Å². The number of nitrogens with zero attached hydrogens (tertiary/aromatic N) is 4. The number of amides is 1. The Morgan fingerprint density at radius 3 is 3.29 bits per heavy atom. The second-order valence-corrected chi connectivity index (χ2v) is 3.61. The van der Waals surface area contributed by atoms with E-state index in [-0.39, 0.29) is 24.6 Å². The number of rotatable bonds is 2. The second-order valence-electron chi connectivity index (χ2n) is 3.61. The molecule has 0 spiro atoms. The number of carbonyl (C=O) groups is 1. The van der Waals surface area contributed by atoms with E-state index in [1.807, 2.05) is 4.90 Å². The fourth-order valence-corrected chi connectivity index (χ4v) is 2.20. The molecule has 2 aliphatic rings. The van der Waals surface area contributed by atoms with Crippen LogP contribution in [0.25, 0.3) is 10.4 Å². The Hall–Kier alpha value is -1.26. The molecule has 1 amide bonds. The molecule has 0 aliphatic carbocycles. The van der Waals surface area contributed by atoms with E-state index in [4.69, 9.17) is 10.3 Å². The molecule has 0 N–H and O–H groups in total. The monoisotopic (exact) mass is 196 g/mol. The molecule has 0 bridgehead atoms. The van der Waals surface area contributed by atoms with Crippen LogP contribution in [0, 0.1) is 0 Å². The number of hydrogen-bond donors (Lipinski definition) is 0. The molecule has 2 heterocycles. The average molecular weight is 196 g/mol. The first-order chi connectivity index (χ1) is 6.83. The quantitative estimate of drug-likeness (QED) is 0.370. The summed E-state index contributed by atoms with van der Waals surface area (Å²) in [7, 11) is 0. The summed E-state index contributed by atoms with van der Waals surface area (Å²) in [5.41, 5.74) is 8.22. The summed E-state index contributed by atoms with van der Waals surface area (Å²) in [5.74, 6) is 0.0249. The molecule has 0 saturated carbocycles. The number of hydrogen-bond acceptors (Lipinski definition) is 3. The Morgan fingerprint density at radius 2 is 2.50 bits per heavy atom. The third-order valence-corrected chi connectivity index (χ3v) is 2.80. The van der Waals surface area contributed by atoms with Gasteiger partial charge in [-0.25, -0.2) is 0 Å². The van der Waals surface area contributed by atoms with Gasteiger partial charge in [-0.3, -0.25) is 4.79 Å². The number of azide groups is 1. The average Bonchev–Trinajstić information content (AvgIpc) is 2.59. The van der Waals surface area contributed by atoms with Gasteiger partial charge >= 0.3 is 0 Å². The first kappa shape index (κ1) is 9.30. The van der Waals surface area contributed by atoms with E-state index in [1.54, 1.807) is 0 Å². The molecule has 0 aromatic heterocycles. The van der Waals surface area contributed by atoms with Crippen molar-refractivity contribution in [3.8, 4) is 0 Å². The van der Waals surface area contributed by atoms with Gasteiger partial charge in [0.15, 0.2) is 0 Å². The molecule has 0 aromatic carbocycles. The Kier molecular flexibility index (Phi) is 2.56. The summed E-state index contributed by atoms with van der Waals surface area (Å²) in [5, 5.41) is 3.53. The Bertz CT molecular complexity index is 287. The van der Waals surface area contributed by atoms with Gasteiger partial charge in [0.2, 0.25) is 5.91 Å². The van der Waals surface area contributed by atoms with Crippen molar-refractivity contribution in [1.29, 1.82) is 0 Å². The van der Waals surface area contributed by atoms with Crippen LogP contribution in [0.1, 0.15) is 12.8 Å². The Labute approximate surface area is 81.5 Å². The first-order valence-electron chi connectivity index (χ1n) is 4.72. The maximum Gasteiger partial charge on any atom is 0.249 e. The molecule has 76 valence electrons. The lowest BCUT2D eigenvalue weighted by Crippen LogP contribution is -2.49. The van der Waals surface area contributed by atoms with Gasteiger partial charge in [0.05, 0.1) is 12.6 Å². The molecular weight excluding hydrogens is 184 g/mol. The number of ether oxygens (including phenoxy) is 1. The van der Waals surface area contributed by atoms with Crippen molar-refractivity contribution in [2.75, 3.05) is 19.8 Å². The van der Waals surface area contributed by atoms with Gasteiger partial charge in [0.1, 0.15) is 6.61 Å². The van der Waals surface area contributed by atoms with Gasteiger partial charge in [-0.1, -0.05) is 5.11 Å². The maximum absolute atomic E-state index is 11.5. The van der Waals surface area contributed by atoms with Crippen molar-refractivity contribution in [2.24, 2.45) is 5.11 Å². The summed E-state index contributed by atoms with van der Waals surface area (Å²) < 4.78 is 5.15. The molecular formula is C8H12N4O2. The number of fused-ring (bicyclic) bond motifs is 1. The fraction of sp³-hybridized carbons (Fsp3) is 0.875. The Balaban J connectivity index is 2.06. The molecule has 6 heteroatoms. The zero-order valence-corrected chi connectivity index (χ0v) is 7.80. The van der Waals surface area contributed by atoms with Crippen molar-refractivity contribution in [1.82, 2.24) is 4.90 Å².